The van der Waals surface area contributed by atoms with Gasteiger partial charge in [0, 0.05) is 20.1 Å². The minimum absolute atomic E-state index is 0.0520. The number of urea groups is 1. The highest BCUT2D eigenvalue weighted by Crippen LogP contribution is 2.27. The fraction of sp³-hybridized carbons (Fsp3) is 0.917. The van der Waals surface area contributed by atoms with Crippen molar-refractivity contribution in [2.45, 2.75) is 38.1 Å². The van der Waals surface area contributed by atoms with Crippen LogP contribution in [0, 0.1) is 5.92 Å². The monoisotopic (exact) mass is 292 g/mol. The fourth-order valence-corrected chi connectivity index (χ4v) is 2.66. The van der Waals surface area contributed by atoms with Gasteiger partial charge in [0.1, 0.15) is 0 Å². The first kappa shape index (κ1) is 16.2. The zero-order chi connectivity index (χ0) is 14.5. The molecule has 1 aliphatic rings. The molecule has 0 radical (unpaired) electrons. The van der Waals surface area contributed by atoms with E-state index in [1.54, 1.807) is 14.1 Å². The average molecular weight is 292 g/mol. The van der Waals surface area contributed by atoms with Gasteiger partial charge in [-0.05, 0) is 38.0 Å². The highest BCUT2D eigenvalue weighted by molar-refractivity contribution is 7.85. The van der Waals surface area contributed by atoms with Crippen molar-refractivity contribution in [2.24, 2.45) is 5.92 Å². The number of nitrogens with one attached hydrogen (secondary N) is 1. The second kappa shape index (κ2) is 7.09. The molecule has 1 saturated carbocycles. The Morgan fingerprint density at radius 2 is 1.84 bits per heavy atom. The minimum atomic E-state index is -3.32. The van der Waals surface area contributed by atoms with Gasteiger partial charge in [-0.3, -0.25) is 4.18 Å². The van der Waals surface area contributed by atoms with E-state index in [0.29, 0.717) is 5.92 Å². The lowest BCUT2D eigenvalue weighted by molar-refractivity contribution is 0.198. The van der Waals surface area contributed by atoms with Crippen molar-refractivity contribution in [3.8, 4) is 0 Å². The number of hydrogen-bond acceptors (Lipinski definition) is 4. The molecule has 6 nitrogen and oxygen atoms in total. The molecule has 0 unspecified atom stereocenters. The number of nitrogens with zero attached hydrogens (tertiary/aromatic N) is 1. The Morgan fingerprint density at radius 1 is 1.26 bits per heavy atom. The molecular weight excluding hydrogens is 268 g/mol. The average Bonchev–Trinajstić information content (AvgIpc) is 2.29. The molecule has 0 aromatic heterocycles. The topological polar surface area (TPSA) is 75.7 Å². The number of carbonyl (C=O) groups excluding carboxylic acids is 1. The molecule has 19 heavy (non-hydrogen) atoms. The summed E-state index contributed by atoms with van der Waals surface area (Å²) in [4.78, 5) is 13.0. The van der Waals surface area contributed by atoms with Gasteiger partial charge < -0.3 is 10.2 Å². The summed E-state index contributed by atoms with van der Waals surface area (Å²) in [6.45, 7) is 0.262. The number of amides is 2. The van der Waals surface area contributed by atoms with E-state index in [1.165, 1.54) is 4.90 Å². The van der Waals surface area contributed by atoms with Crippen molar-refractivity contribution in [1.82, 2.24) is 10.2 Å². The van der Waals surface area contributed by atoms with Crippen LogP contribution in [0.2, 0.25) is 0 Å². The summed E-state index contributed by atoms with van der Waals surface area (Å²) in [5, 5.41) is 2.98. The van der Waals surface area contributed by atoms with Gasteiger partial charge in [-0.2, -0.15) is 8.42 Å². The molecule has 0 aromatic rings. The Balaban J connectivity index is 2.20. The second-order valence-electron chi connectivity index (χ2n) is 5.38. The van der Waals surface area contributed by atoms with Crippen LogP contribution < -0.4 is 5.32 Å². The van der Waals surface area contributed by atoms with Crippen molar-refractivity contribution in [1.29, 1.82) is 0 Å². The summed E-state index contributed by atoms with van der Waals surface area (Å²) in [5.74, 6) is 0.495. The molecule has 1 N–H and O–H groups in total. The van der Waals surface area contributed by atoms with Gasteiger partial charge in [-0.15, -0.1) is 0 Å². The largest absolute Gasteiger partial charge is 0.335 e. The van der Waals surface area contributed by atoms with E-state index >= 15 is 0 Å². The van der Waals surface area contributed by atoms with Crippen molar-refractivity contribution < 1.29 is 17.4 Å². The zero-order valence-electron chi connectivity index (χ0n) is 11.9. The van der Waals surface area contributed by atoms with Crippen molar-refractivity contribution in [3.05, 3.63) is 0 Å². The first-order valence-electron chi connectivity index (χ1n) is 6.60. The molecule has 112 valence electrons. The Kier molecular flexibility index (Phi) is 6.06. The van der Waals surface area contributed by atoms with Crippen LogP contribution in [-0.4, -0.2) is 52.3 Å². The molecule has 0 atom stereocenters. The molecule has 0 spiro atoms. The molecule has 0 aromatic carbocycles. The summed E-state index contributed by atoms with van der Waals surface area (Å²) in [6, 6.07) is 0.186. The predicted octanol–water partition coefficient (Wildman–Crippen LogP) is 1.18. The van der Waals surface area contributed by atoms with Crippen LogP contribution in [0.1, 0.15) is 32.1 Å². The first-order chi connectivity index (χ1) is 8.78. The van der Waals surface area contributed by atoms with Crippen LogP contribution in [0.5, 0.6) is 0 Å². The van der Waals surface area contributed by atoms with Crippen molar-refractivity contribution >= 4 is 16.1 Å². The first-order valence-corrected chi connectivity index (χ1v) is 8.42. The van der Waals surface area contributed by atoms with E-state index < -0.39 is 10.1 Å². The molecule has 1 fully saturated rings. The molecular formula is C12H24N2O4S. The van der Waals surface area contributed by atoms with E-state index in [1.807, 2.05) is 0 Å². The van der Waals surface area contributed by atoms with Crippen molar-refractivity contribution in [3.63, 3.8) is 0 Å². The van der Waals surface area contributed by atoms with E-state index in [4.69, 9.17) is 4.18 Å². The molecule has 0 heterocycles. The van der Waals surface area contributed by atoms with Gasteiger partial charge in [-0.25, -0.2) is 4.79 Å². The van der Waals surface area contributed by atoms with Gasteiger partial charge in [0.2, 0.25) is 0 Å². The molecule has 1 rings (SSSR count). The summed E-state index contributed by atoms with van der Waals surface area (Å²) < 4.78 is 26.4. The maximum absolute atomic E-state index is 11.5. The van der Waals surface area contributed by atoms with Gasteiger partial charge >= 0.3 is 6.03 Å². The summed E-state index contributed by atoms with van der Waals surface area (Å²) in [5.41, 5.74) is 0. The Bertz CT molecular complexity index is 387. The fourth-order valence-electron chi connectivity index (χ4n) is 2.27. The quantitative estimate of drug-likeness (QED) is 0.772. The predicted molar refractivity (Wildman–Crippen MR) is 73.4 cm³/mol. The van der Waals surface area contributed by atoms with Crippen LogP contribution in [0.4, 0.5) is 4.79 Å². The third kappa shape index (κ3) is 6.77. The molecule has 0 bridgehead atoms. The summed E-state index contributed by atoms with van der Waals surface area (Å²) in [6.07, 6.45) is 5.74. The Hall–Kier alpha value is -0.820. The third-order valence-electron chi connectivity index (χ3n) is 3.40. The maximum atomic E-state index is 11.5. The Labute approximate surface area is 115 Å². The molecule has 0 aliphatic heterocycles. The van der Waals surface area contributed by atoms with E-state index in [2.05, 4.69) is 5.32 Å². The number of carbonyl (C=O) groups is 1. The summed E-state index contributed by atoms with van der Waals surface area (Å²) in [7, 11) is 0.128. The van der Waals surface area contributed by atoms with Crippen LogP contribution in [0.3, 0.4) is 0 Å². The van der Waals surface area contributed by atoms with Crippen LogP contribution in [0.25, 0.3) is 0 Å². The third-order valence-corrected chi connectivity index (χ3v) is 4.00. The van der Waals surface area contributed by atoms with Gasteiger partial charge in [0.15, 0.2) is 0 Å². The molecule has 0 saturated heterocycles. The van der Waals surface area contributed by atoms with E-state index in [9.17, 15) is 13.2 Å². The lowest BCUT2D eigenvalue weighted by atomic mass is 9.84. The van der Waals surface area contributed by atoms with E-state index in [0.717, 1.165) is 38.4 Å². The SMILES string of the molecule is CN(C)C(=O)NC1CCC(CCOS(C)(=O)=O)CC1. The van der Waals surface area contributed by atoms with Gasteiger partial charge in [0.05, 0.1) is 12.9 Å². The standard InChI is InChI=1S/C12H24N2O4S/c1-14(2)12(15)13-11-6-4-10(5-7-11)8-9-18-19(3,16)17/h10-11H,4-9H2,1-3H3,(H,13,15). The molecule has 2 amide bonds. The smallest absolute Gasteiger partial charge is 0.317 e. The van der Waals surface area contributed by atoms with Crippen LogP contribution in [0.15, 0.2) is 0 Å². The van der Waals surface area contributed by atoms with Crippen molar-refractivity contribution in [2.75, 3.05) is 27.0 Å². The minimum Gasteiger partial charge on any atom is -0.335 e. The Morgan fingerprint density at radius 3 is 2.32 bits per heavy atom. The zero-order valence-corrected chi connectivity index (χ0v) is 12.7. The highest BCUT2D eigenvalue weighted by Gasteiger charge is 2.22. The second-order valence-corrected chi connectivity index (χ2v) is 7.02. The van der Waals surface area contributed by atoms with Gasteiger partial charge in [-0.1, -0.05) is 0 Å². The molecule has 1 aliphatic carbocycles. The molecule has 7 heteroatoms. The maximum Gasteiger partial charge on any atom is 0.317 e. The van der Waals surface area contributed by atoms with Crippen LogP contribution >= 0.6 is 0 Å². The van der Waals surface area contributed by atoms with E-state index in [-0.39, 0.29) is 18.7 Å². The number of hydrogen-bond donors (Lipinski definition) is 1. The lowest BCUT2D eigenvalue weighted by Gasteiger charge is -2.29. The normalized spacial score (nSPS) is 23.9. The lowest BCUT2D eigenvalue weighted by Crippen LogP contribution is -2.43. The van der Waals surface area contributed by atoms with Crippen LogP contribution in [-0.2, 0) is 14.3 Å². The van der Waals surface area contributed by atoms with Gasteiger partial charge in [0.25, 0.3) is 10.1 Å². The highest BCUT2D eigenvalue weighted by atomic mass is 32.2. The number of rotatable bonds is 5. The summed E-state index contributed by atoms with van der Waals surface area (Å²) >= 11 is 0.